The zero-order valence-corrected chi connectivity index (χ0v) is 9.49. The Morgan fingerprint density at radius 2 is 2.53 bits per heavy atom. The third-order valence-electron chi connectivity index (χ3n) is 2.87. The number of nitrogens with zero attached hydrogens (tertiary/aromatic N) is 2. The molecule has 1 saturated heterocycles. The average Bonchev–Trinajstić information content (AvgIpc) is 2.76. The third-order valence-corrected chi connectivity index (χ3v) is 2.87. The monoisotopic (exact) mass is 209 g/mol. The van der Waals surface area contributed by atoms with E-state index in [-0.39, 0.29) is 5.60 Å². The van der Waals surface area contributed by atoms with E-state index in [1.54, 1.807) is 0 Å². The van der Waals surface area contributed by atoms with Gasteiger partial charge in [-0.15, -0.1) is 0 Å². The largest absolute Gasteiger partial charge is 0.374 e. The van der Waals surface area contributed by atoms with Gasteiger partial charge in [-0.25, -0.2) is 0 Å². The first kappa shape index (κ1) is 10.6. The normalized spacial score (nSPS) is 26.0. The number of aromatic nitrogens is 2. The van der Waals surface area contributed by atoms with Gasteiger partial charge in [-0.3, -0.25) is 4.68 Å². The lowest BCUT2D eigenvalue weighted by atomic mass is 10.0. The van der Waals surface area contributed by atoms with E-state index >= 15 is 0 Å². The Bertz CT molecular complexity index is 315. The van der Waals surface area contributed by atoms with E-state index < -0.39 is 0 Å². The summed E-state index contributed by atoms with van der Waals surface area (Å²) < 4.78 is 7.52. The zero-order chi connectivity index (χ0) is 10.7. The predicted octanol–water partition coefficient (Wildman–Crippen LogP) is 1.08. The van der Waals surface area contributed by atoms with Crippen molar-refractivity contribution >= 4 is 0 Å². The molecule has 1 fully saturated rings. The van der Waals surface area contributed by atoms with E-state index in [0.29, 0.717) is 0 Å². The van der Waals surface area contributed by atoms with Gasteiger partial charge in [0.05, 0.1) is 11.3 Å². The first-order chi connectivity index (χ1) is 7.18. The van der Waals surface area contributed by atoms with Crippen molar-refractivity contribution in [3.63, 3.8) is 0 Å². The van der Waals surface area contributed by atoms with Crippen LogP contribution >= 0.6 is 0 Å². The molecular formula is C11H19N3O. The second-order valence-corrected chi connectivity index (χ2v) is 4.49. The van der Waals surface area contributed by atoms with E-state index in [0.717, 1.165) is 31.8 Å². The van der Waals surface area contributed by atoms with Gasteiger partial charge in [-0.05, 0) is 25.8 Å². The van der Waals surface area contributed by atoms with Crippen molar-refractivity contribution in [2.45, 2.75) is 31.9 Å². The quantitative estimate of drug-likeness (QED) is 0.806. The molecule has 0 bridgehead atoms. The van der Waals surface area contributed by atoms with E-state index in [1.807, 2.05) is 24.0 Å². The van der Waals surface area contributed by atoms with Crippen molar-refractivity contribution in [2.24, 2.45) is 7.05 Å². The van der Waals surface area contributed by atoms with E-state index in [1.165, 1.54) is 6.42 Å². The van der Waals surface area contributed by atoms with E-state index in [2.05, 4.69) is 17.3 Å². The maximum Gasteiger partial charge on any atom is 0.0779 e. The van der Waals surface area contributed by atoms with Gasteiger partial charge in [-0.1, -0.05) is 0 Å². The fraction of sp³-hybridized carbons (Fsp3) is 0.727. The van der Waals surface area contributed by atoms with Gasteiger partial charge in [-0.2, -0.15) is 5.10 Å². The SMILES string of the molecule is Cn1ccc(CNCC2(C)CCCO2)n1. The molecule has 2 heterocycles. The Morgan fingerprint density at radius 3 is 3.13 bits per heavy atom. The molecule has 1 aromatic heterocycles. The number of rotatable bonds is 4. The van der Waals surface area contributed by atoms with Crippen molar-refractivity contribution in [1.29, 1.82) is 0 Å². The summed E-state index contributed by atoms with van der Waals surface area (Å²) >= 11 is 0. The number of ether oxygens (including phenoxy) is 1. The molecule has 84 valence electrons. The van der Waals surface area contributed by atoms with Crippen LogP contribution in [0, 0.1) is 0 Å². The lowest BCUT2D eigenvalue weighted by Gasteiger charge is -2.23. The molecule has 1 aliphatic rings. The Kier molecular flexibility index (Phi) is 3.07. The maximum atomic E-state index is 5.70. The van der Waals surface area contributed by atoms with Crippen LogP contribution < -0.4 is 5.32 Å². The van der Waals surface area contributed by atoms with Gasteiger partial charge < -0.3 is 10.1 Å². The van der Waals surface area contributed by atoms with Crippen molar-refractivity contribution in [3.05, 3.63) is 18.0 Å². The van der Waals surface area contributed by atoms with Crippen LogP contribution in [0.4, 0.5) is 0 Å². The van der Waals surface area contributed by atoms with Crippen LogP contribution in [0.2, 0.25) is 0 Å². The fourth-order valence-electron chi connectivity index (χ4n) is 1.99. The molecule has 1 unspecified atom stereocenters. The standard InChI is InChI=1S/C11H19N3O/c1-11(5-3-7-15-11)9-12-8-10-4-6-14(2)13-10/h4,6,12H,3,5,7-9H2,1-2H3. The van der Waals surface area contributed by atoms with Crippen molar-refractivity contribution < 1.29 is 4.74 Å². The van der Waals surface area contributed by atoms with E-state index in [9.17, 15) is 0 Å². The minimum Gasteiger partial charge on any atom is -0.374 e. The molecule has 4 nitrogen and oxygen atoms in total. The average molecular weight is 209 g/mol. The lowest BCUT2D eigenvalue weighted by Crippen LogP contribution is -2.36. The molecule has 0 radical (unpaired) electrons. The number of hydrogen-bond donors (Lipinski definition) is 1. The summed E-state index contributed by atoms with van der Waals surface area (Å²) in [7, 11) is 1.94. The highest BCUT2D eigenvalue weighted by Crippen LogP contribution is 2.23. The Morgan fingerprint density at radius 1 is 1.67 bits per heavy atom. The molecule has 0 spiro atoms. The molecule has 15 heavy (non-hydrogen) atoms. The summed E-state index contributed by atoms with van der Waals surface area (Å²) in [5.41, 5.74) is 1.12. The highest BCUT2D eigenvalue weighted by molar-refractivity contribution is 4.98. The molecule has 1 aliphatic heterocycles. The predicted molar refractivity (Wildman–Crippen MR) is 58.5 cm³/mol. The number of nitrogens with one attached hydrogen (secondary N) is 1. The minimum absolute atomic E-state index is 0.0365. The van der Waals surface area contributed by atoms with Gasteiger partial charge in [0.2, 0.25) is 0 Å². The summed E-state index contributed by atoms with van der Waals surface area (Å²) in [6.45, 7) is 4.80. The molecule has 1 aromatic rings. The molecule has 2 rings (SSSR count). The lowest BCUT2D eigenvalue weighted by molar-refractivity contribution is 0.0206. The van der Waals surface area contributed by atoms with Crippen LogP contribution in [-0.4, -0.2) is 28.5 Å². The maximum absolute atomic E-state index is 5.70. The van der Waals surface area contributed by atoms with Crippen LogP contribution in [0.15, 0.2) is 12.3 Å². The zero-order valence-electron chi connectivity index (χ0n) is 9.49. The van der Waals surface area contributed by atoms with Crippen LogP contribution in [0.3, 0.4) is 0 Å². The summed E-state index contributed by atoms with van der Waals surface area (Å²) in [5.74, 6) is 0. The summed E-state index contributed by atoms with van der Waals surface area (Å²) in [6.07, 6.45) is 4.30. The summed E-state index contributed by atoms with van der Waals surface area (Å²) in [5, 5.41) is 7.71. The molecule has 0 amide bonds. The number of hydrogen-bond acceptors (Lipinski definition) is 3. The molecule has 0 aliphatic carbocycles. The van der Waals surface area contributed by atoms with E-state index in [4.69, 9.17) is 4.74 Å². The first-order valence-corrected chi connectivity index (χ1v) is 5.51. The molecule has 0 aromatic carbocycles. The molecule has 4 heteroatoms. The highest BCUT2D eigenvalue weighted by Gasteiger charge is 2.28. The van der Waals surface area contributed by atoms with Crippen molar-refractivity contribution in [1.82, 2.24) is 15.1 Å². The second-order valence-electron chi connectivity index (χ2n) is 4.49. The van der Waals surface area contributed by atoms with Crippen molar-refractivity contribution in [3.8, 4) is 0 Å². The Hall–Kier alpha value is -0.870. The van der Waals surface area contributed by atoms with Crippen molar-refractivity contribution in [2.75, 3.05) is 13.2 Å². The second kappa shape index (κ2) is 4.33. The molecule has 0 saturated carbocycles. The number of aryl methyl sites for hydroxylation is 1. The van der Waals surface area contributed by atoms with Crippen LogP contribution in [0.5, 0.6) is 0 Å². The van der Waals surface area contributed by atoms with Crippen LogP contribution in [-0.2, 0) is 18.3 Å². The molecule has 1 atom stereocenters. The molecular weight excluding hydrogens is 190 g/mol. The minimum atomic E-state index is 0.0365. The Labute approximate surface area is 90.6 Å². The van der Waals surface area contributed by atoms with Gasteiger partial charge >= 0.3 is 0 Å². The summed E-state index contributed by atoms with van der Waals surface area (Å²) in [6, 6.07) is 2.03. The van der Waals surface area contributed by atoms with Gasteiger partial charge in [0.15, 0.2) is 0 Å². The smallest absolute Gasteiger partial charge is 0.0779 e. The Balaban J connectivity index is 1.75. The van der Waals surface area contributed by atoms with Crippen LogP contribution in [0.25, 0.3) is 0 Å². The first-order valence-electron chi connectivity index (χ1n) is 5.51. The summed E-state index contributed by atoms with van der Waals surface area (Å²) in [4.78, 5) is 0. The van der Waals surface area contributed by atoms with Crippen LogP contribution in [0.1, 0.15) is 25.5 Å². The third kappa shape index (κ3) is 2.79. The van der Waals surface area contributed by atoms with Gasteiger partial charge in [0.1, 0.15) is 0 Å². The highest BCUT2D eigenvalue weighted by atomic mass is 16.5. The topological polar surface area (TPSA) is 39.1 Å². The van der Waals surface area contributed by atoms with Gasteiger partial charge in [0, 0.05) is 32.9 Å². The fourth-order valence-corrected chi connectivity index (χ4v) is 1.99. The van der Waals surface area contributed by atoms with Gasteiger partial charge in [0.25, 0.3) is 0 Å². The molecule has 1 N–H and O–H groups in total.